The van der Waals surface area contributed by atoms with E-state index in [1.165, 1.54) is 0 Å². The Kier molecular flexibility index (Phi) is 5.81. The van der Waals surface area contributed by atoms with Crippen molar-refractivity contribution in [1.29, 1.82) is 0 Å². The third kappa shape index (κ3) is 4.20. The maximum absolute atomic E-state index is 12.3. The monoisotopic (exact) mass is 446 g/mol. The topological polar surface area (TPSA) is 115 Å². The Morgan fingerprint density at radius 3 is 2.94 bits per heavy atom. The molecule has 166 valence electrons. The zero-order valence-electron chi connectivity index (χ0n) is 17.9. The van der Waals surface area contributed by atoms with Crippen molar-refractivity contribution in [1.82, 2.24) is 15.3 Å². The van der Waals surface area contributed by atoms with Crippen LogP contribution < -0.4 is 26.0 Å². The Balaban J connectivity index is 1.74. The van der Waals surface area contributed by atoms with Gasteiger partial charge < -0.3 is 30.7 Å². The maximum atomic E-state index is 12.3. The second kappa shape index (κ2) is 8.39. The summed E-state index contributed by atoms with van der Waals surface area (Å²) in [5, 5.41) is 6.50. The molecule has 0 saturated carbocycles. The van der Waals surface area contributed by atoms with Crippen molar-refractivity contribution in [3.8, 4) is 5.75 Å². The molecule has 2 aliphatic rings. The number of carbonyl (C=O) groups is 1. The SMILES string of the molecule is CNC(=O)[C@]1(C)CNc2cc(Cl)c([C@H]3COCCCN3c3cc(C)nc(N)n3)cc2O1. The lowest BCUT2D eigenvalue weighted by Gasteiger charge is -2.36. The molecule has 0 radical (unpaired) electrons. The zero-order valence-corrected chi connectivity index (χ0v) is 18.6. The summed E-state index contributed by atoms with van der Waals surface area (Å²) in [4.78, 5) is 23.1. The number of aryl methyl sites for hydroxylation is 1. The third-order valence-corrected chi connectivity index (χ3v) is 5.94. The highest BCUT2D eigenvalue weighted by molar-refractivity contribution is 6.31. The van der Waals surface area contributed by atoms with E-state index in [9.17, 15) is 4.79 Å². The minimum absolute atomic E-state index is 0.200. The summed E-state index contributed by atoms with van der Waals surface area (Å²) < 4.78 is 12.0. The number of ether oxygens (including phenoxy) is 2. The molecule has 31 heavy (non-hydrogen) atoms. The minimum atomic E-state index is -1.02. The van der Waals surface area contributed by atoms with Gasteiger partial charge in [-0.05, 0) is 38.0 Å². The van der Waals surface area contributed by atoms with E-state index in [-0.39, 0.29) is 17.9 Å². The van der Waals surface area contributed by atoms with Gasteiger partial charge in [-0.1, -0.05) is 11.6 Å². The van der Waals surface area contributed by atoms with E-state index >= 15 is 0 Å². The number of nitrogen functional groups attached to an aromatic ring is 1. The fourth-order valence-electron chi connectivity index (χ4n) is 4.01. The molecule has 1 aromatic heterocycles. The molecule has 1 saturated heterocycles. The molecule has 2 aromatic rings. The van der Waals surface area contributed by atoms with Gasteiger partial charge in [0.1, 0.15) is 11.6 Å². The molecule has 0 unspecified atom stereocenters. The number of fused-ring (bicyclic) bond motifs is 1. The smallest absolute Gasteiger partial charge is 0.265 e. The lowest BCUT2D eigenvalue weighted by Crippen LogP contribution is -2.54. The van der Waals surface area contributed by atoms with Crippen LogP contribution >= 0.6 is 11.6 Å². The summed E-state index contributed by atoms with van der Waals surface area (Å²) in [6.45, 7) is 5.78. The van der Waals surface area contributed by atoms with Gasteiger partial charge in [0.2, 0.25) is 11.5 Å². The summed E-state index contributed by atoms with van der Waals surface area (Å²) in [6, 6.07) is 5.42. The van der Waals surface area contributed by atoms with Crippen molar-refractivity contribution < 1.29 is 14.3 Å². The van der Waals surface area contributed by atoms with Crippen LogP contribution in [0.1, 0.15) is 30.6 Å². The number of anilines is 3. The quantitative estimate of drug-likeness (QED) is 0.658. The van der Waals surface area contributed by atoms with Crippen LogP contribution in [0.2, 0.25) is 5.02 Å². The van der Waals surface area contributed by atoms with E-state index in [0.29, 0.717) is 30.5 Å². The second-order valence-electron chi connectivity index (χ2n) is 8.00. The van der Waals surface area contributed by atoms with Crippen LogP contribution in [0.3, 0.4) is 0 Å². The Hall–Kier alpha value is -2.78. The third-order valence-electron chi connectivity index (χ3n) is 5.61. The van der Waals surface area contributed by atoms with Crippen LogP contribution in [0.4, 0.5) is 17.5 Å². The highest BCUT2D eigenvalue weighted by Crippen LogP contribution is 2.41. The average molecular weight is 447 g/mol. The van der Waals surface area contributed by atoms with Gasteiger partial charge in [0.15, 0.2) is 0 Å². The van der Waals surface area contributed by atoms with Crippen LogP contribution in [0.5, 0.6) is 5.75 Å². The molecule has 4 N–H and O–H groups in total. The number of carbonyl (C=O) groups excluding carboxylic acids is 1. The number of aromatic nitrogens is 2. The Bertz CT molecular complexity index is 983. The van der Waals surface area contributed by atoms with Crippen molar-refractivity contribution in [2.24, 2.45) is 0 Å². The first kappa shape index (κ1) is 21.5. The first-order valence-electron chi connectivity index (χ1n) is 10.2. The average Bonchev–Trinajstić information content (AvgIpc) is 2.98. The highest BCUT2D eigenvalue weighted by atomic mass is 35.5. The van der Waals surface area contributed by atoms with Crippen molar-refractivity contribution in [2.75, 3.05) is 49.3 Å². The fraction of sp³-hybridized carbons (Fsp3) is 0.476. The van der Waals surface area contributed by atoms with Crippen molar-refractivity contribution >= 4 is 35.0 Å². The standard InChI is InChI=1S/C21H27ClN6O3/c1-12-7-18(27-20(23)26-12)28-5-4-6-30-10-16(28)13-8-17-15(9-14(13)22)25-11-21(2,31-17)19(29)24-3/h7-9,16,25H,4-6,10-11H2,1-3H3,(H,24,29)(H2,23,26,27)/t16-,21+/m1/s1. The van der Waals surface area contributed by atoms with Gasteiger partial charge in [-0.25, -0.2) is 4.98 Å². The number of hydrogen-bond acceptors (Lipinski definition) is 8. The van der Waals surface area contributed by atoms with Crippen LogP contribution in [0, 0.1) is 6.92 Å². The number of hydrogen-bond donors (Lipinski definition) is 3. The van der Waals surface area contributed by atoms with Crippen molar-refractivity contribution in [3.63, 3.8) is 0 Å². The number of halogens is 1. The molecule has 3 heterocycles. The number of nitrogens with one attached hydrogen (secondary N) is 2. The molecule has 2 aliphatic heterocycles. The van der Waals surface area contributed by atoms with E-state index in [0.717, 1.165) is 35.7 Å². The van der Waals surface area contributed by atoms with E-state index in [1.807, 2.05) is 25.1 Å². The lowest BCUT2D eigenvalue weighted by molar-refractivity contribution is -0.134. The number of benzene rings is 1. The van der Waals surface area contributed by atoms with Gasteiger partial charge in [0, 0.05) is 37.0 Å². The van der Waals surface area contributed by atoms with Crippen molar-refractivity contribution in [2.45, 2.75) is 31.9 Å². The molecule has 2 atom stereocenters. The van der Waals surface area contributed by atoms with Gasteiger partial charge >= 0.3 is 0 Å². The van der Waals surface area contributed by atoms with Gasteiger partial charge in [0.05, 0.1) is 24.9 Å². The molecule has 0 spiro atoms. The molecule has 0 bridgehead atoms. The first-order valence-corrected chi connectivity index (χ1v) is 10.6. The first-order chi connectivity index (χ1) is 14.8. The van der Waals surface area contributed by atoms with E-state index in [2.05, 4.69) is 25.5 Å². The van der Waals surface area contributed by atoms with E-state index in [4.69, 9.17) is 26.8 Å². The molecule has 1 aromatic carbocycles. The molecule has 10 heteroatoms. The minimum Gasteiger partial charge on any atom is -0.474 e. The summed E-state index contributed by atoms with van der Waals surface area (Å²) in [6.07, 6.45) is 0.842. The van der Waals surface area contributed by atoms with Gasteiger partial charge in [-0.3, -0.25) is 4.79 Å². The number of likely N-dealkylation sites (N-methyl/N-ethyl adjacent to an activating group) is 1. The summed E-state index contributed by atoms with van der Waals surface area (Å²) in [5.41, 5.74) is 7.26. The van der Waals surface area contributed by atoms with E-state index in [1.54, 1.807) is 14.0 Å². The van der Waals surface area contributed by atoms with Gasteiger partial charge in [0.25, 0.3) is 5.91 Å². The van der Waals surface area contributed by atoms with E-state index < -0.39 is 5.60 Å². The Labute approximate surface area is 186 Å². The van der Waals surface area contributed by atoms with Crippen LogP contribution in [-0.4, -0.2) is 54.8 Å². The largest absolute Gasteiger partial charge is 0.474 e. The Morgan fingerprint density at radius 2 is 2.19 bits per heavy atom. The summed E-state index contributed by atoms with van der Waals surface area (Å²) in [7, 11) is 1.59. The predicted octanol–water partition coefficient (Wildman–Crippen LogP) is 2.30. The van der Waals surface area contributed by atoms with Crippen LogP contribution in [-0.2, 0) is 9.53 Å². The number of nitrogens with two attached hydrogens (primary N) is 1. The molecular weight excluding hydrogens is 420 g/mol. The number of amides is 1. The number of nitrogens with zero attached hydrogens (tertiary/aromatic N) is 3. The normalized spacial score (nSPS) is 23.2. The molecule has 4 rings (SSSR count). The van der Waals surface area contributed by atoms with Crippen LogP contribution in [0.25, 0.3) is 0 Å². The predicted molar refractivity (Wildman–Crippen MR) is 120 cm³/mol. The second-order valence-corrected chi connectivity index (χ2v) is 8.41. The van der Waals surface area contributed by atoms with Crippen LogP contribution in [0.15, 0.2) is 18.2 Å². The molecular formula is C21H27ClN6O3. The summed E-state index contributed by atoms with van der Waals surface area (Å²) >= 11 is 6.71. The molecule has 0 aliphatic carbocycles. The molecule has 9 nitrogen and oxygen atoms in total. The maximum Gasteiger partial charge on any atom is 0.265 e. The lowest BCUT2D eigenvalue weighted by atomic mass is 10.00. The molecule has 1 amide bonds. The van der Waals surface area contributed by atoms with Crippen molar-refractivity contribution in [3.05, 3.63) is 34.5 Å². The molecule has 1 fully saturated rings. The van der Waals surface area contributed by atoms with Gasteiger partial charge in [-0.2, -0.15) is 4.98 Å². The summed E-state index contributed by atoms with van der Waals surface area (Å²) in [5.74, 6) is 1.32. The Morgan fingerprint density at radius 1 is 1.39 bits per heavy atom. The fourth-order valence-corrected chi connectivity index (χ4v) is 4.30. The number of rotatable bonds is 3. The zero-order chi connectivity index (χ0) is 22.2. The highest BCUT2D eigenvalue weighted by Gasteiger charge is 2.39. The van der Waals surface area contributed by atoms with Gasteiger partial charge in [-0.15, -0.1) is 0 Å².